The highest BCUT2D eigenvalue weighted by atomic mass is 16.5. The van der Waals surface area contributed by atoms with Crippen molar-refractivity contribution in [3.05, 3.63) is 12.7 Å². The molecule has 14 nitrogen and oxygen atoms in total. The predicted molar refractivity (Wildman–Crippen MR) is 114 cm³/mol. The van der Waals surface area contributed by atoms with Gasteiger partial charge in [0, 0.05) is 6.42 Å². The topological polar surface area (TPSA) is 215 Å². The lowest BCUT2D eigenvalue weighted by Crippen LogP contribution is -2.68. The normalized spacial score (nSPS) is 26.0. The molecular weight excluding hydrogens is 438 g/mol. The van der Waals surface area contributed by atoms with Crippen LogP contribution in [0.4, 0.5) is 5.82 Å². The molecule has 33 heavy (non-hydrogen) atoms. The average molecular weight is 467 g/mol. The lowest BCUT2D eigenvalue weighted by molar-refractivity contribution is -0.204. The maximum atomic E-state index is 12.3. The van der Waals surface area contributed by atoms with Gasteiger partial charge >= 0.3 is 0 Å². The van der Waals surface area contributed by atoms with Crippen molar-refractivity contribution in [2.75, 3.05) is 18.5 Å². The number of aliphatic hydroxyl groups is 4. The summed E-state index contributed by atoms with van der Waals surface area (Å²) in [6.07, 6.45) is -2.71. The molecular formula is C19H29N7O7. The highest BCUT2D eigenvalue weighted by molar-refractivity contribution is 5.85. The van der Waals surface area contributed by atoms with Crippen molar-refractivity contribution in [2.45, 2.75) is 62.9 Å². The van der Waals surface area contributed by atoms with Gasteiger partial charge < -0.3 is 46.1 Å². The number of rotatable bonds is 10. The number of fused-ring (bicyclic) bond motifs is 1. The maximum Gasteiger partial charge on any atom is 0.239 e. The second-order valence-corrected chi connectivity index (χ2v) is 7.69. The number of aliphatic hydroxyl groups excluding tert-OH is 4. The molecule has 182 valence electrons. The summed E-state index contributed by atoms with van der Waals surface area (Å²) in [6.45, 7) is 0.857. The highest BCUT2D eigenvalue weighted by Crippen LogP contribution is 2.26. The Balaban J connectivity index is 1.69. The van der Waals surface area contributed by atoms with Crippen molar-refractivity contribution in [3.63, 3.8) is 0 Å². The molecule has 0 spiro atoms. The number of carbonyl (C=O) groups is 2. The molecule has 3 rings (SSSR count). The van der Waals surface area contributed by atoms with Gasteiger partial charge in [-0.05, 0) is 6.42 Å². The molecule has 1 saturated heterocycles. The van der Waals surface area contributed by atoms with Crippen LogP contribution in [0.15, 0.2) is 12.7 Å². The van der Waals surface area contributed by atoms with E-state index in [-0.39, 0.29) is 24.7 Å². The summed E-state index contributed by atoms with van der Waals surface area (Å²) in [5.74, 6) is -0.724. The number of hydrogen-bond donors (Lipinski definition) is 8. The number of H-pyrrole nitrogens is 1. The fourth-order valence-electron chi connectivity index (χ4n) is 3.49. The molecule has 0 aromatic carbocycles. The largest absolute Gasteiger partial charge is 0.394 e. The van der Waals surface area contributed by atoms with Crippen LogP contribution in [0.5, 0.6) is 0 Å². The SMILES string of the molecule is CCCCC(=O)NCC(=O)NC1C(O)C(O)C(Nc2ncnc3nc[nH]c23)OC1C(O)CO. The molecule has 1 aliphatic heterocycles. The maximum absolute atomic E-state index is 12.3. The van der Waals surface area contributed by atoms with E-state index in [0.29, 0.717) is 17.6 Å². The van der Waals surface area contributed by atoms with Gasteiger partial charge in [0.1, 0.15) is 36.3 Å². The average Bonchev–Trinajstić information content (AvgIpc) is 3.30. The minimum Gasteiger partial charge on any atom is -0.394 e. The van der Waals surface area contributed by atoms with E-state index in [1.165, 1.54) is 12.7 Å². The number of nitrogens with zero attached hydrogens (tertiary/aromatic N) is 3. The first-order chi connectivity index (χ1) is 15.8. The number of unbranched alkanes of at least 4 members (excludes halogenated alkanes) is 1. The Morgan fingerprint density at radius 3 is 2.73 bits per heavy atom. The lowest BCUT2D eigenvalue weighted by Gasteiger charge is -2.44. The van der Waals surface area contributed by atoms with E-state index in [2.05, 4.69) is 35.9 Å². The van der Waals surface area contributed by atoms with Gasteiger partial charge in [0.15, 0.2) is 17.7 Å². The highest BCUT2D eigenvalue weighted by Gasteiger charge is 2.48. The Bertz CT molecular complexity index is 942. The molecule has 6 atom stereocenters. The van der Waals surface area contributed by atoms with Crippen LogP contribution >= 0.6 is 0 Å². The number of anilines is 1. The Morgan fingerprint density at radius 1 is 1.21 bits per heavy atom. The molecule has 2 aromatic heterocycles. The Morgan fingerprint density at radius 2 is 2.00 bits per heavy atom. The standard InChI is InChI=1S/C19H29N7O7/c1-2-3-4-10(29)20-5-11(30)25-12-14(31)15(32)19(33-16(12)9(28)6-27)26-18-13-17(22-7-21-13)23-8-24-18/h7-9,12,14-16,19,27-28,31-32H,2-6H2,1H3,(H,20,29)(H,25,30)(H2,21,22,23,24,26). The molecule has 6 unspecified atom stereocenters. The fourth-order valence-corrected chi connectivity index (χ4v) is 3.49. The molecule has 0 bridgehead atoms. The molecule has 8 N–H and O–H groups in total. The zero-order valence-corrected chi connectivity index (χ0v) is 18.0. The molecule has 14 heteroatoms. The van der Waals surface area contributed by atoms with Gasteiger partial charge in [0.2, 0.25) is 11.8 Å². The molecule has 0 saturated carbocycles. The number of imidazole rings is 1. The lowest BCUT2D eigenvalue weighted by atomic mass is 9.92. The van der Waals surface area contributed by atoms with Gasteiger partial charge in [-0.1, -0.05) is 13.3 Å². The van der Waals surface area contributed by atoms with Crippen LogP contribution in [0, 0.1) is 0 Å². The molecule has 0 aliphatic carbocycles. The van der Waals surface area contributed by atoms with E-state index in [9.17, 15) is 30.0 Å². The second-order valence-electron chi connectivity index (χ2n) is 7.69. The van der Waals surface area contributed by atoms with E-state index in [0.717, 1.165) is 6.42 Å². The summed E-state index contributed by atoms with van der Waals surface area (Å²) in [7, 11) is 0. The molecule has 2 amide bonds. The van der Waals surface area contributed by atoms with Crippen LogP contribution < -0.4 is 16.0 Å². The summed E-state index contributed by atoms with van der Waals surface area (Å²) >= 11 is 0. The van der Waals surface area contributed by atoms with E-state index in [1.807, 2.05) is 6.92 Å². The van der Waals surface area contributed by atoms with Crippen LogP contribution in [0.2, 0.25) is 0 Å². The third kappa shape index (κ3) is 5.91. The number of nitrogens with one attached hydrogen (secondary N) is 4. The van der Waals surface area contributed by atoms with Gasteiger partial charge in [0.25, 0.3) is 0 Å². The molecule has 2 aromatic rings. The summed E-state index contributed by atoms with van der Waals surface area (Å²) in [5, 5.41) is 48.7. The first-order valence-corrected chi connectivity index (χ1v) is 10.6. The van der Waals surface area contributed by atoms with Crippen LogP contribution in [-0.4, -0.2) is 102 Å². The van der Waals surface area contributed by atoms with Gasteiger partial charge in [-0.3, -0.25) is 9.59 Å². The number of ether oxygens (including phenoxy) is 1. The molecule has 3 heterocycles. The third-order valence-corrected chi connectivity index (χ3v) is 5.29. The van der Waals surface area contributed by atoms with Crippen molar-refractivity contribution in [2.24, 2.45) is 0 Å². The zero-order chi connectivity index (χ0) is 24.0. The van der Waals surface area contributed by atoms with Crippen LogP contribution in [0.1, 0.15) is 26.2 Å². The Hall–Kier alpha value is -2.91. The number of amides is 2. The van der Waals surface area contributed by atoms with Crippen molar-refractivity contribution >= 4 is 28.8 Å². The van der Waals surface area contributed by atoms with Crippen LogP contribution in [-0.2, 0) is 14.3 Å². The van der Waals surface area contributed by atoms with Crippen LogP contribution in [0.3, 0.4) is 0 Å². The first kappa shape index (κ1) is 24.7. The number of hydrogen-bond acceptors (Lipinski definition) is 11. The number of aromatic nitrogens is 4. The van der Waals surface area contributed by atoms with E-state index in [1.54, 1.807) is 0 Å². The quantitative estimate of drug-likeness (QED) is 0.181. The summed E-state index contributed by atoms with van der Waals surface area (Å²) in [6, 6.07) is -1.27. The summed E-state index contributed by atoms with van der Waals surface area (Å²) in [5.41, 5.74) is 0.785. The van der Waals surface area contributed by atoms with Gasteiger partial charge in [-0.2, -0.15) is 0 Å². The second kappa shape index (κ2) is 11.3. The first-order valence-electron chi connectivity index (χ1n) is 10.6. The van der Waals surface area contributed by atoms with Crippen LogP contribution in [0.25, 0.3) is 11.2 Å². The minimum absolute atomic E-state index is 0.225. The van der Waals surface area contributed by atoms with E-state index in [4.69, 9.17) is 4.74 Å². The summed E-state index contributed by atoms with van der Waals surface area (Å²) in [4.78, 5) is 38.9. The van der Waals surface area contributed by atoms with Gasteiger partial charge in [-0.15, -0.1) is 0 Å². The van der Waals surface area contributed by atoms with Crippen molar-refractivity contribution < 1.29 is 34.8 Å². The smallest absolute Gasteiger partial charge is 0.239 e. The fraction of sp³-hybridized carbons (Fsp3) is 0.632. The molecule has 1 aliphatic rings. The van der Waals surface area contributed by atoms with Gasteiger partial charge in [0.05, 0.1) is 25.5 Å². The number of aromatic amines is 1. The van der Waals surface area contributed by atoms with Crippen molar-refractivity contribution in [3.8, 4) is 0 Å². The Kier molecular flexibility index (Phi) is 8.46. The van der Waals surface area contributed by atoms with Crippen molar-refractivity contribution in [1.29, 1.82) is 0 Å². The monoisotopic (exact) mass is 467 g/mol. The minimum atomic E-state index is -1.58. The number of carbonyl (C=O) groups excluding carboxylic acids is 2. The zero-order valence-electron chi connectivity index (χ0n) is 18.0. The van der Waals surface area contributed by atoms with E-state index < -0.39 is 49.2 Å². The third-order valence-electron chi connectivity index (χ3n) is 5.29. The molecule has 1 fully saturated rings. The van der Waals surface area contributed by atoms with Gasteiger partial charge in [-0.25, -0.2) is 15.0 Å². The Labute approximate surface area is 188 Å². The summed E-state index contributed by atoms with van der Waals surface area (Å²) < 4.78 is 5.72. The van der Waals surface area contributed by atoms with E-state index >= 15 is 0 Å². The van der Waals surface area contributed by atoms with Crippen molar-refractivity contribution in [1.82, 2.24) is 30.6 Å². The predicted octanol–water partition coefficient (Wildman–Crippen LogP) is -2.64. The molecule has 0 radical (unpaired) electrons.